The Labute approximate surface area is 99.9 Å². The summed E-state index contributed by atoms with van der Waals surface area (Å²) in [6.45, 7) is 2.88. The lowest BCUT2D eigenvalue weighted by Gasteiger charge is -2.09. The first-order valence-electron chi connectivity index (χ1n) is 4.93. The van der Waals surface area contributed by atoms with E-state index in [4.69, 9.17) is 16.3 Å². The highest BCUT2D eigenvalue weighted by Gasteiger charge is 2.04. The Morgan fingerprint density at radius 3 is 2.88 bits per heavy atom. The smallest absolute Gasteiger partial charge is 0.319 e. The van der Waals surface area contributed by atoms with Gasteiger partial charge < -0.3 is 15.4 Å². The van der Waals surface area contributed by atoms with Gasteiger partial charge in [-0.2, -0.15) is 0 Å². The molecule has 0 heterocycles. The van der Waals surface area contributed by atoms with Gasteiger partial charge in [0.1, 0.15) is 0 Å². The van der Waals surface area contributed by atoms with Gasteiger partial charge >= 0.3 is 6.03 Å². The molecule has 0 atom stereocenters. The molecule has 1 rings (SSSR count). The highest BCUT2D eigenvalue weighted by atomic mass is 35.5. The van der Waals surface area contributed by atoms with Crippen molar-refractivity contribution >= 4 is 23.3 Å². The molecule has 4 nitrogen and oxygen atoms in total. The summed E-state index contributed by atoms with van der Waals surface area (Å²) in [5.41, 5.74) is 1.65. The van der Waals surface area contributed by atoms with Crippen LogP contribution in [0.5, 0.6) is 0 Å². The second-order valence-corrected chi connectivity index (χ2v) is 3.76. The van der Waals surface area contributed by atoms with Crippen molar-refractivity contribution in [2.75, 3.05) is 25.6 Å². The van der Waals surface area contributed by atoms with Crippen LogP contribution in [0, 0.1) is 6.92 Å². The van der Waals surface area contributed by atoms with Crippen LogP contribution in [0.4, 0.5) is 10.5 Å². The van der Waals surface area contributed by atoms with Gasteiger partial charge in [-0.1, -0.05) is 17.7 Å². The zero-order valence-electron chi connectivity index (χ0n) is 9.34. The standard InChI is InChI=1S/C11H15ClN2O2/c1-8-3-4-10(9(12)7-8)14-11(15)13-5-6-16-2/h3-4,7H,5-6H2,1-2H3,(H2,13,14,15). The number of carbonyl (C=O) groups is 1. The molecular formula is C11H15ClN2O2. The van der Waals surface area contributed by atoms with Crippen molar-refractivity contribution < 1.29 is 9.53 Å². The maximum absolute atomic E-state index is 11.4. The molecule has 0 aliphatic heterocycles. The lowest BCUT2D eigenvalue weighted by Crippen LogP contribution is -2.31. The number of ether oxygens (including phenoxy) is 1. The molecule has 0 spiro atoms. The summed E-state index contributed by atoms with van der Waals surface area (Å²) in [7, 11) is 1.58. The molecule has 0 unspecified atom stereocenters. The molecular weight excluding hydrogens is 228 g/mol. The number of hydrogen-bond acceptors (Lipinski definition) is 2. The van der Waals surface area contributed by atoms with Crippen molar-refractivity contribution in [3.63, 3.8) is 0 Å². The number of aryl methyl sites for hydroxylation is 1. The topological polar surface area (TPSA) is 50.4 Å². The number of urea groups is 1. The highest BCUT2D eigenvalue weighted by Crippen LogP contribution is 2.22. The van der Waals surface area contributed by atoms with Gasteiger partial charge in [-0.3, -0.25) is 0 Å². The average Bonchev–Trinajstić information content (AvgIpc) is 2.23. The predicted octanol–water partition coefficient (Wildman–Crippen LogP) is 2.42. The number of benzene rings is 1. The normalized spacial score (nSPS) is 9.94. The number of methoxy groups -OCH3 is 1. The van der Waals surface area contributed by atoms with Crippen molar-refractivity contribution in [3.8, 4) is 0 Å². The lowest BCUT2D eigenvalue weighted by molar-refractivity contribution is 0.198. The van der Waals surface area contributed by atoms with Gasteiger partial charge in [-0.25, -0.2) is 4.79 Å². The first-order valence-corrected chi connectivity index (χ1v) is 5.31. The van der Waals surface area contributed by atoms with Crippen LogP contribution in [0.25, 0.3) is 0 Å². The third-order valence-corrected chi connectivity index (χ3v) is 2.28. The van der Waals surface area contributed by atoms with Crippen LogP contribution in [0.15, 0.2) is 18.2 Å². The van der Waals surface area contributed by atoms with Crippen molar-refractivity contribution in [2.24, 2.45) is 0 Å². The molecule has 2 amide bonds. The second kappa shape index (κ2) is 6.35. The first-order chi connectivity index (χ1) is 7.63. The second-order valence-electron chi connectivity index (χ2n) is 3.36. The number of nitrogens with one attached hydrogen (secondary N) is 2. The van der Waals surface area contributed by atoms with Crippen LogP contribution in [-0.4, -0.2) is 26.3 Å². The third kappa shape index (κ3) is 4.08. The van der Waals surface area contributed by atoms with E-state index in [1.807, 2.05) is 13.0 Å². The van der Waals surface area contributed by atoms with E-state index in [0.29, 0.717) is 23.9 Å². The molecule has 0 saturated carbocycles. The van der Waals surface area contributed by atoms with Gasteiger partial charge in [-0.05, 0) is 24.6 Å². The van der Waals surface area contributed by atoms with Gasteiger partial charge in [0, 0.05) is 13.7 Å². The predicted molar refractivity (Wildman–Crippen MR) is 65.1 cm³/mol. The fourth-order valence-electron chi connectivity index (χ4n) is 1.15. The Morgan fingerprint density at radius 1 is 1.50 bits per heavy atom. The van der Waals surface area contributed by atoms with Crippen LogP contribution >= 0.6 is 11.6 Å². The summed E-state index contributed by atoms with van der Waals surface area (Å²) in [6, 6.07) is 5.17. The molecule has 0 aliphatic rings. The minimum atomic E-state index is -0.289. The summed E-state index contributed by atoms with van der Waals surface area (Å²) in [6.07, 6.45) is 0. The zero-order chi connectivity index (χ0) is 12.0. The molecule has 1 aromatic rings. The summed E-state index contributed by atoms with van der Waals surface area (Å²) in [5.74, 6) is 0. The highest BCUT2D eigenvalue weighted by molar-refractivity contribution is 6.33. The van der Waals surface area contributed by atoms with E-state index in [2.05, 4.69) is 10.6 Å². The number of halogens is 1. The third-order valence-electron chi connectivity index (χ3n) is 1.96. The number of amides is 2. The fourth-order valence-corrected chi connectivity index (χ4v) is 1.44. The summed E-state index contributed by atoms with van der Waals surface area (Å²) < 4.78 is 4.81. The summed E-state index contributed by atoms with van der Waals surface area (Å²) >= 11 is 5.97. The van der Waals surface area contributed by atoms with Crippen LogP contribution in [0.3, 0.4) is 0 Å². The van der Waals surface area contributed by atoms with E-state index in [-0.39, 0.29) is 6.03 Å². The zero-order valence-corrected chi connectivity index (χ0v) is 10.1. The Morgan fingerprint density at radius 2 is 2.25 bits per heavy atom. The molecule has 0 saturated heterocycles. The Bertz CT molecular complexity index is 369. The number of hydrogen-bond donors (Lipinski definition) is 2. The number of carbonyl (C=O) groups excluding carboxylic acids is 1. The van der Waals surface area contributed by atoms with Crippen molar-refractivity contribution in [1.29, 1.82) is 0 Å². The molecule has 0 fully saturated rings. The molecule has 0 aliphatic carbocycles. The molecule has 88 valence electrons. The molecule has 0 bridgehead atoms. The van der Waals surface area contributed by atoms with Crippen molar-refractivity contribution in [2.45, 2.75) is 6.92 Å². The Hall–Kier alpha value is -1.26. The minimum absolute atomic E-state index is 0.289. The van der Waals surface area contributed by atoms with Crippen molar-refractivity contribution in [1.82, 2.24) is 5.32 Å². The molecule has 0 radical (unpaired) electrons. The Kier molecular flexibility index (Phi) is 5.08. The van der Waals surface area contributed by atoms with E-state index in [9.17, 15) is 4.79 Å². The Balaban J connectivity index is 2.49. The van der Waals surface area contributed by atoms with Crippen LogP contribution in [0.2, 0.25) is 5.02 Å². The number of rotatable bonds is 4. The fraction of sp³-hybridized carbons (Fsp3) is 0.364. The minimum Gasteiger partial charge on any atom is -0.383 e. The lowest BCUT2D eigenvalue weighted by atomic mass is 10.2. The molecule has 0 aromatic heterocycles. The quantitative estimate of drug-likeness (QED) is 0.797. The number of anilines is 1. The van der Waals surface area contributed by atoms with Gasteiger partial charge in [0.2, 0.25) is 0 Å². The average molecular weight is 243 g/mol. The van der Waals surface area contributed by atoms with Gasteiger partial charge in [0.05, 0.1) is 17.3 Å². The van der Waals surface area contributed by atoms with E-state index >= 15 is 0 Å². The van der Waals surface area contributed by atoms with E-state index < -0.39 is 0 Å². The van der Waals surface area contributed by atoms with Gasteiger partial charge in [0.25, 0.3) is 0 Å². The largest absolute Gasteiger partial charge is 0.383 e. The maximum atomic E-state index is 11.4. The van der Waals surface area contributed by atoms with Gasteiger partial charge in [-0.15, -0.1) is 0 Å². The van der Waals surface area contributed by atoms with Crippen molar-refractivity contribution in [3.05, 3.63) is 28.8 Å². The van der Waals surface area contributed by atoms with E-state index in [1.165, 1.54) is 0 Å². The SMILES string of the molecule is COCCNC(=O)Nc1ccc(C)cc1Cl. The summed E-state index contributed by atoms with van der Waals surface area (Å²) in [5, 5.41) is 5.83. The summed E-state index contributed by atoms with van der Waals surface area (Å²) in [4.78, 5) is 11.4. The molecule has 2 N–H and O–H groups in total. The van der Waals surface area contributed by atoms with Crippen LogP contribution in [-0.2, 0) is 4.74 Å². The van der Waals surface area contributed by atoms with E-state index in [0.717, 1.165) is 5.56 Å². The van der Waals surface area contributed by atoms with Crippen LogP contribution in [0.1, 0.15) is 5.56 Å². The molecule has 5 heteroatoms. The molecule has 1 aromatic carbocycles. The van der Waals surface area contributed by atoms with Gasteiger partial charge in [0.15, 0.2) is 0 Å². The van der Waals surface area contributed by atoms with Crippen LogP contribution < -0.4 is 10.6 Å². The molecule has 16 heavy (non-hydrogen) atoms. The maximum Gasteiger partial charge on any atom is 0.319 e. The monoisotopic (exact) mass is 242 g/mol. The van der Waals surface area contributed by atoms with E-state index in [1.54, 1.807) is 19.2 Å². The first kappa shape index (κ1) is 12.8.